The van der Waals surface area contributed by atoms with Gasteiger partial charge in [0.2, 0.25) is 0 Å². The SMILES string of the molecule is FC(F)(F)c1ccc(CCl)c(-c2cc(Cl)c(Cl)cc2Cl)c1. The van der Waals surface area contributed by atoms with Crippen LogP contribution in [0.5, 0.6) is 0 Å². The number of alkyl halides is 4. The first kappa shape index (κ1) is 16.8. The lowest BCUT2D eigenvalue weighted by molar-refractivity contribution is -0.137. The molecule has 2 aromatic carbocycles. The second kappa shape index (κ2) is 6.25. The second-order valence-electron chi connectivity index (χ2n) is 4.25. The van der Waals surface area contributed by atoms with E-state index in [0.29, 0.717) is 11.1 Å². The van der Waals surface area contributed by atoms with Gasteiger partial charge in [-0.15, -0.1) is 11.6 Å². The van der Waals surface area contributed by atoms with Crippen LogP contribution in [0.3, 0.4) is 0 Å². The summed E-state index contributed by atoms with van der Waals surface area (Å²) in [4.78, 5) is 0. The van der Waals surface area contributed by atoms with Crippen LogP contribution in [0.2, 0.25) is 15.1 Å². The summed E-state index contributed by atoms with van der Waals surface area (Å²) in [6.07, 6.45) is -4.46. The maximum Gasteiger partial charge on any atom is 0.416 e. The van der Waals surface area contributed by atoms with Crippen molar-refractivity contribution >= 4 is 46.4 Å². The first-order valence-electron chi connectivity index (χ1n) is 5.65. The summed E-state index contributed by atoms with van der Waals surface area (Å²) in [6.45, 7) is 0. The van der Waals surface area contributed by atoms with Crippen molar-refractivity contribution in [2.75, 3.05) is 0 Å². The Bertz CT molecular complexity index is 681. The third-order valence-electron chi connectivity index (χ3n) is 2.88. The van der Waals surface area contributed by atoms with Crippen LogP contribution < -0.4 is 0 Å². The maximum atomic E-state index is 12.9. The molecule has 0 aliphatic heterocycles. The van der Waals surface area contributed by atoms with Crippen molar-refractivity contribution in [2.45, 2.75) is 12.1 Å². The minimum Gasteiger partial charge on any atom is -0.166 e. The van der Waals surface area contributed by atoms with Gasteiger partial charge in [0.05, 0.1) is 15.6 Å². The van der Waals surface area contributed by atoms with Gasteiger partial charge in [0.1, 0.15) is 0 Å². The van der Waals surface area contributed by atoms with Crippen molar-refractivity contribution in [3.63, 3.8) is 0 Å². The lowest BCUT2D eigenvalue weighted by Crippen LogP contribution is -2.05. The van der Waals surface area contributed by atoms with E-state index in [1.165, 1.54) is 18.2 Å². The van der Waals surface area contributed by atoms with Crippen molar-refractivity contribution in [1.82, 2.24) is 0 Å². The molecular formula is C14H7Cl4F3. The van der Waals surface area contributed by atoms with Crippen LogP contribution in [0, 0.1) is 0 Å². The van der Waals surface area contributed by atoms with E-state index in [1.54, 1.807) is 0 Å². The number of rotatable bonds is 2. The lowest BCUT2D eigenvalue weighted by atomic mass is 9.97. The third-order valence-corrected chi connectivity index (χ3v) is 4.20. The number of benzene rings is 2. The normalized spacial score (nSPS) is 11.8. The minimum atomic E-state index is -4.46. The molecular weight excluding hydrogens is 367 g/mol. The van der Waals surface area contributed by atoms with E-state index in [-0.39, 0.29) is 26.5 Å². The molecule has 2 rings (SSSR count). The first-order valence-corrected chi connectivity index (χ1v) is 7.32. The largest absolute Gasteiger partial charge is 0.416 e. The fourth-order valence-corrected chi connectivity index (χ4v) is 2.73. The molecule has 0 unspecified atom stereocenters. The smallest absolute Gasteiger partial charge is 0.166 e. The Balaban J connectivity index is 2.70. The topological polar surface area (TPSA) is 0 Å². The molecule has 0 aliphatic rings. The first-order chi connectivity index (χ1) is 9.74. The predicted molar refractivity (Wildman–Crippen MR) is 81.5 cm³/mol. The van der Waals surface area contributed by atoms with E-state index < -0.39 is 11.7 Å². The monoisotopic (exact) mass is 372 g/mol. The zero-order chi connectivity index (χ0) is 15.8. The van der Waals surface area contributed by atoms with Gasteiger partial charge in [-0.3, -0.25) is 0 Å². The van der Waals surface area contributed by atoms with Gasteiger partial charge in [-0.2, -0.15) is 13.2 Å². The zero-order valence-corrected chi connectivity index (χ0v) is 13.3. The molecule has 112 valence electrons. The van der Waals surface area contributed by atoms with E-state index in [1.807, 2.05) is 0 Å². The quantitative estimate of drug-likeness (QED) is 0.390. The molecule has 0 N–H and O–H groups in total. The Morgan fingerprint density at radius 3 is 2.00 bits per heavy atom. The molecule has 0 radical (unpaired) electrons. The standard InChI is InChI=1S/C14H7Cl4F3/c15-6-7-1-2-8(14(19,20)21)3-9(7)10-4-12(17)13(18)5-11(10)16/h1-5H,6H2. The van der Waals surface area contributed by atoms with Crippen LogP contribution in [0.4, 0.5) is 13.2 Å². The lowest BCUT2D eigenvalue weighted by Gasteiger charge is -2.14. The van der Waals surface area contributed by atoms with Crippen LogP contribution in [-0.4, -0.2) is 0 Å². The molecule has 2 aromatic rings. The van der Waals surface area contributed by atoms with E-state index in [9.17, 15) is 13.2 Å². The Morgan fingerprint density at radius 2 is 1.43 bits per heavy atom. The molecule has 0 heterocycles. The van der Waals surface area contributed by atoms with Crippen LogP contribution >= 0.6 is 46.4 Å². The highest BCUT2D eigenvalue weighted by Gasteiger charge is 2.31. The molecule has 0 atom stereocenters. The average Bonchev–Trinajstić information content (AvgIpc) is 2.41. The fraction of sp³-hybridized carbons (Fsp3) is 0.143. The van der Waals surface area contributed by atoms with Gasteiger partial charge in [0.15, 0.2) is 0 Å². The predicted octanol–water partition coefficient (Wildman–Crippen LogP) is 7.07. The van der Waals surface area contributed by atoms with Gasteiger partial charge in [0, 0.05) is 16.5 Å². The van der Waals surface area contributed by atoms with Gasteiger partial charge >= 0.3 is 6.18 Å². The van der Waals surface area contributed by atoms with Gasteiger partial charge in [-0.05, 0) is 35.4 Å². The Morgan fingerprint density at radius 1 is 0.810 bits per heavy atom. The summed E-state index contributed by atoms with van der Waals surface area (Å²) < 4.78 is 38.6. The summed E-state index contributed by atoms with van der Waals surface area (Å²) in [5, 5.41) is 0.633. The highest BCUT2D eigenvalue weighted by Crippen LogP contribution is 2.39. The van der Waals surface area contributed by atoms with Gasteiger partial charge in [-0.25, -0.2) is 0 Å². The summed E-state index contributed by atoms with van der Waals surface area (Å²) in [7, 11) is 0. The van der Waals surface area contributed by atoms with Crippen molar-refractivity contribution in [1.29, 1.82) is 0 Å². The number of hydrogen-bond acceptors (Lipinski definition) is 0. The summed E-state index contributed by atoms with van der Waals surface area (Å²) in [6, 6.07) is 6.12. The van der Waals surface area contributed by atoms with E-state index in [4.69, 9.17) is 46.4 Å². The van der Waals surface area contributed by atoms with E-state index >= 15 is 0 Å². The Labute approximate surface area is 139 Å². The van der Waals surface area contributed by atoms with Gasteiger partial charge in [-0.1, -0.05) is 40.9 Å². The van der Waals surface area contributed by atoms with Crippen LogP contribution in [0.15, 0.2) is 30.3 Å². The summed E-state index contributed by atoms with van der Waals surface area (Å²) >= 11 is 23.6. The number of halogens is 7. The molecule has 0 nitrogen and oxygen atoms in total. The van der Waals surface area contributed by atoms with E-state index in [0.717, 1.165) is 12.1 Å². The van der Waals surface area contributed by atoms with Crippen LogP contribution in [0.25, 0.3) is 11.1 Å². The zero-order valence-electron chi connectivity index (χ0n) is 10.2. The van der Waals surface area contributed by atoms with Gasteiger partial charge < -0.3 is 0 Å². The molecule has 0 spiro atoms. The van der Waals surface area contributed by atoms with E-state index in [2.05, 4.69) is 0 Å². The number of hydrogen-bond donors (Lipinski definition) is 0. The molecule has 0 saturated heterocycles. The van der Waals surface area contributed by atoms with Crippen molar-refractivity contribution in [2.24, 2.45) is 0 Å². The molecule has 0 fully saturated rings. The van der Waals surface area contributed by atoms with Crippen molar-refractivity contribution in [3.05, 3.63) is 56.5 Å². The third kappa shape index (κ3) is 3.59. The highest BCUT2D eigenvalue weighted by atomic mass is 35.5. The van der Waals surface area contributed by atoms with Crippen molar-refractivity contribution in [3.8, 4) is 11.1 Å². The highest BCUT2D eigenvalue weighted by molar-refractivity contribution is 6.44. The molecule has 0 aromatic heterocycles. The summed E-state index contributed by atoms with van der Waals surface area (Å²) in [5.74, 6) is 0.0457. The Hall–Kier alpha value is -0.610. The molecule has 0 bridgehead atoms. The van der Waals surface area contributed by atoms with Crippen LogP contribution in [0.1, 0.15) is 11.1 Å². The maximum absolute atomic E-state index is 12.9. The molecule has 21 heavy (non-hydrogen) atoms. The molecule has 0 amide bonds. The molecule has 7 heteroatoms. The average molecular weight is 374 g/mol. The fourth-order valence-electron chi connectivity index (χ4n) is 1.85. The van der Waals surface area contributed by atoms with Crippen LogP contribution in [-0.2, 0) is 12.1 Å². The minimum absolute atomic E-state index is 0.0457. The summed E-state index contributed by atoms with van der Waals surface area (Å²) in [5.41, 5.74) is 0.370. The van der Waals surface area contributed by atoms with Crippen molar-refractivity contribution < 1.29 is 13.2 Å². The molecule has 0 saturated carbocycles. The van der Waals surface area contributed by atoms with Gasteiger partial charge in [0.25, 0.3) is 0 Å². The Kier molecular flexibility index (Phi) is 4.99. The molecule has 0 aliphatic carbocycles. The second-order valence-corrected chi connectivity index (χ2v) is 5.74.